The number of rotatable bonds is 3. The third-order valence-corrected chi connectivity index (χ3v) is 4.66. The number of ether oxygens (including phenoxy) is 1. The van der Waals surface area contributed by atoms with Gasteiger partial charge in [0, 0.05) is 11.6 Å². The first kappa shape index (κ1) is 15.5. The number of carbonyl (C=O) groups excluding carboxylic acids is 1. The van der Waals surface area contributed by atoms with Crippen LogP contribution in [-0.2, 0) is 0 Å². The smallest absolute Gasteiger partial charge is 0.345 e. The van der Waals surface area contributed by atoms with Crippen LogP contribution >= 0.6 is 11.3 Å². The van der Waals surface area contributed by atoms with Gasteiger partial charge in [-0.15, -0.1) is 11.3 Å². The van der Waals surface area contributed by atoms with Gasteiger partial charge in [-0.25, -0.2) is 9.18 Å². The summed E-state index contributed by atoms with van der Waals surface area (Å²) in [5.41, 5.74) is 0.729. The number of thiophene rings is 1. The van der Waals surface area contributed by atoms with E-state index in [-0.39, 0.29) is 22.6 Å². The molecule has 0 aliphatic carbocycles. The number of hydrogen-bond donors (Lipinski definition) is 2. The van der Waals surface area contributed by atoms with Gasteiger partial charge < -0.3 is 15.2 Å². The molecule has 5 nitrogen and oxygen atoms in total. The molecular formula is C16H14FNO4S. The van der Waals surface area contributed by atoms with Gasteiger partial charge in [-0.05, 0) is 31.0 Å². The van der Waals surface area contributed by atoms with Crippen LogP contribution in [0.4, 0.5) is 4.39 Å². The molecule has 3 rings (SSSR count). The first-order valence-electron chi connectivity index (χ1n) is 7.11. The minimum absolute atomic E-state index is 0.113. The average molecular weight is 335 g/mol. The van der Waals surface area contributed by atoms with Gasteiger partial charge in [-0.1, -0.05) is 6.07 Å². The summed E-state index contributed by atoms with van der Waals surface area (Å²) in [6, 6.07) is 6.85. The quantitative estimate of drug-likeness (QED) is 0.903. The average Bonchev–Trinajstić information content (AvgIpc) is 2.93. The zero-order chi connectivity index (χ0) is 16.4. The van der Waals surface area contributed by atoms with Gasteiger partial charge in [-0.3, -0.25) is 4.79 Å². The van der Waals surface area contributed by atoms with Crippen LogP contribution in [0.15, 0.2) is 30.3 Å². The number of carboxylic acids is 1. The Balaban J connectivity index is 1.81. The Bertz CT molecular complexity index is 758. The van der Waals surface area contributed by atoms with Crippen molar-refractivity contribution in [2.24, 2.45) is 0 Å². The molecule has 2 heterocycles. The van der Waals surface area contributed by atoms with Crippen LogP contribution in [0.5, 0.6) is 5.75 Å². The largest absolute Gasteiger partial charge is 0.493 e. The second kappa shape index (κ2) is 6.37. The van der Waals surface area contributed by atoms with Gasteiger partial charge >= 0.3 is 5.97 Å². The van der Waals surface area contributed by atoms with E-state index in [9.17, 15) is 14.0 Å². The van der Waals surface area contributed by atoms with Gasteiger partial charge in [0.25, 0.3) is 5.91 Å². The molecule has 1 unspecified atom stereocenters. The number of benzene rings is 1. The number of hydrogen-bond acceptors (Lipinski definition) is 4. The SMILES string of the molecule is O=C(O)c1ccc(C(=O)NC2CCCOc3cc(F)ccc32)s1. The molecule has 7 heteroatoms. The Hall–Kier alpha value is -2.41. The van der Waals surface area contributed by atoms with E-state index in [4.69, 9.17) is 9.84 Å². The van der Waals surface area contributed by atoms with Crippen LogP contribution in [0.3, 0.4) is 0 Å². The standard InChI is InChI=1S/C16H14FNO4S/c17-9-3-4-10-11(2-1-7-22-12(10)8-9)18-15(19)13-5-6-14(23-13)16(20)21/h3-6,8,11H,1-2,7H2,(H,18,19)(H,20,21). The van der Waals surface area contributed by atoms with E-state index >= 15 is 0 Å². The highest BCUT2D eigenvalue weighted by Crippen LogP contribution is 2.32. The van der Waals surface area contributed by atoms with Crippen LogP contribution in [-0.4, -0.2) is 23.6 Å². The van der Waals surface area contributed by atoms with E-state index in [2.05, 4.69) is 5.32 Å². The van der Waals surface area contributed by atoms with Crippen LogP contribution in [0, 0.1) is 5.82 Å². The number of carboxylic acid groups (broad SMARTS) is 1. The van der Waals surface area contributed by atoms with Crippen molar-refractivity contribution < 1.29 is 23.8 Å². The number of carbonyl (C=O) groups is 2. The first-order valence-corrected chi connectivity index (χ1v) is 7.92. The molecule has 0 spiro atoms. The molecule has 0 saturated carbocycles. The van der Waals surface area contributed by atoms with Gasteiger partial charge in [0.15, 0.2) is 0 Å². The summed E-state index contributed by atoms with van der Waals surface area (Å²) in [6.07, 6.45) is 1.40. The number of aromatic carboxylic acids is 1. The summed E-state index contributed by atoms with van der Waals surface area (Å²) < 4.78 is 18.9. The van der Waals surface area contributed by atoms with Crippen molar-refractivity contribution in [3.63, 3.8) is 0 Å². The van der Waals surface area contributed by atoms with Crippen LogP contribution in [0.1, 0.15) is 43.8 Å². The maximum Gasteiger partial charge on any atom is 0.345 e. The molecule has 0 fully saturated rings. The predicted octanol–water partition coefficient (Wildman–Crippen LogP) is 3.23. The lowest BCUT2D eigenvalue weighted by molar-refractivity contribution is 0.0702. The molecule has 1 amide bonds. The second-order valence-corrected chi connectivity index (χ2v) is 6.25. The zero-order valence-electron chi connectivity index (χ0n) is 12.0. The molecule has 2 aromatic rings. The van der Waals surface area contributed by atoms with E-state index in [0.717, 1.165) is 23.3 Å². The summed E-state index contributed by atoms with van der Waals surface area (Å²) in [7, 11) is 0. The Labute approximate surface area is 135 Å². The number of fused-ring (bicyclic) bond motifs is 1. The molecule has 23 heavy (non-hydrogen) atoms. The summed E-state index contributed by atoms with van der Waals surface area (Å²) in [6.45, 7) is 0.463. The maximum absolute atomic E-state index is 13.3. The monoisotopic (exact) mass is 335 g/mol. The minimum Gasteiger partial charge on any atom is -0.493 e. The van der Waals surface area contributed by atoms with Crippen LogP contribution < -0.4 is 10.1 Å². The maximum atomic E-state index is 13.3. The number of nitrogens with one attached hydrogen (secondary N) is 1. The Kier molecular flexibility index (Phi) is 4.29. The number of amides is 1. The highest BCUT2D eigenvalue weighted by Gasteiger charge is 2.23. The van der Waals surface area contributed by atoms with Crippen molar-refractivity contribution >= 4 is 23.2 Å². The summed E-state index contributed by atoms with van der Waals surface area (Å²) in [5, 5.41) is 11.8. The van der Waals surface area contributed by atoms with E-state index in [1.54, 1.807) is 6.07 Å². The Morgan fingerprint density at radius 3 is 2.78 bits per heavy atom. The predicted molar refractivity (Wildman–Crippen MR) is 82.6 cm³/mol. The lowest BCUT2D eigenvalue weighted by Gasteiger charge is -2.18. The Morgan fingerprint density at radius 2 is 2.04 bits per heavy atom. The summed E-state index contributed by atoms with van der Waals surface area (Å²) in [5.74, 6) is -1.35. The second-order valence-electron chi connectivity index (χ2n) is 5.17. The van der Waals surface area contributed by atoms with Gasteiger partial charge in [0.05, 0.1) is 17.5 Å². The van der Waals surface area contributed by atoms with E-state index in [0.29, 0.717) is 23.7 Å². The van der Waals surface area contributed by atoms with Crippen LogP contribution in [0.2, 0.25) is 0 Å². The van der Waals surface area contributed by atoms with Crippen molar-refractivity contribution in [2.75, 3.05) is 6.61 Å². The van der Waals surface area contributed by atoms with E-state index < -0.39 is 5.97 Å². The van der Waals surface area contributed by atoms with E-state index in [1.807, 2.05) is 0 Å². The molecule has 1 aliphatic rings. The van der Waals surface area contributed by atoms with Crippen molar-refractivity contribution in [1.82, 2.24) is 5.32 Å². The highest BCUT2D eigenvalue weighted by atomic mass is 32.1. The first-order chi connectivity index (χ1) is 11.0. The molecule has 1 aliphatic heterocycles. The topological polar surface area (TPSA) is 75.6 Å². The third-order valence-electron chi connectivity index (χ3n) is 3.59. The minimum atomic E-state index is -1.06. The van der Waals surface area contributed by atoms with Crippen molar-refractivity contribution in [1.29, 1.82) is 0 Å². The third kappa shape index (κ3) is 3.34. The zero-order valence-corrected chi connectivity index (χ0v) is 12.9. The lowest BCUT2D eigenvalue weighted by atomic mass is 10.0. The molecule has 0 radical (unpaired) electrons. The van der Waals surface area contributed by atoms with Gasteiger partial charge in [-0.2, -0.15) is 0 Å². The molecule has 1 aromatic heterocycles. The normalized spacial score (nSPS) is 16.8. The summed E-state index contributed by atoms with van der Waals surface area (Å²) in [4.78, 5) is 23.7. The van der Waals surface area contributed by atoms with Crippen molar-refractivity contribution in [3.8, 4) is 5.75 Å². The molecule has 1 aromatic carbocycles. The fraction of sp³-hybridized carbons (Fsp3) is 0.250. The molecule has 2 N–H and O–H groups in total. The van der Waals surface area contributed by atoms with Crippen LogP contribution in [0.25, 0.3) is 0 Å². The highest BCUT2D eigenvalue weighted by molar-refractivity contribution is 7.15. The van der Waals surface area contributed by atoms with Gasteiger partial charge in [0.1, 0.15) is 16.4 Å². The molecule has 0 bridgehead atoms. The molecular weight excluding hydrogens is 321 g/mol. The fourth-order valence-corrected chi connectivity index (χ4v) is 3.25. The van der Waals surface area contributed by atoms with Gasteiger partial charge in [0.2, 0.25) is 0 Å². The van der Waals surface area contributed by atoms with Crippen molar-refractivity contribution in [2.45, 2.75) is 18.9 Å². The lowest BCUT2D eigenvalue weighted by Crippen LogP contribution is -2.27. The molecule has 0 saturated heterocycles. The molecule has 1 atom stereocenters. The van der Waals surface area contributed by atoms with E-state index in [1.165, 1.54) is 24.3 Å². The number of halogens is 1. The van der Waals surface area contributed by atoms with Crippen molar-refractivity contribution in [3.05, 3.63) is 51.5 Å². The molecule has 120 valence electrons. The Morgan fingerprint density at radius 1 is 1.26 bits per heavy atom. The fourth-order valence-electron chi connectivity index (χ4n) is 2.50. The summed E-state index contributed by atoms with van der Waals surface area (Å²) >= 11 is 0.924.